The summed E-state index contributed by atoms with van der Waals surface area (Å²) in [4.78, 5) is 25.8. The molecule has 192 valence electrons. The first-order valence-electron chi connectivity index (χ1n) is 10.7. The summed E-state index contributed by atoms with van der Waals surface area (Å²) in [7, 11) is 0. The molecule has 3 rings (SSSR count). The Morgan fingerprint density at radius 2 is 1.78 bits per heavy atom. The number of carbonyl (C=O) groups excluding carboxylic acids is 1. The summed E-state index contributed by atoms with van der Waals surface area (Å²) >= 11 is 6.21. The molecule has 0 aliphatic heterocycles. The Balaban J connectivity index is 2.03. The molecule has 0 saturated heterocycles. The van der Waals surface area contributed by atoms with E-state index in [0.717, 1.165) is 31.3 Å². The Kier molecular flexibility index (Phi) is 7.80. The second-order valence-electron chi connectivity index (χ2n) is 8.03. The van der Waals surface area contributed by atoms with E-state index < -0.39 is 40.6 Å². The maximum absolute atomic E-state index is 14.3. The maximum atomic E-state index is 14.3. The highest BCUT2D eigenvalue weighted by molar-refractivity contribution is 6.31. The van der Waals surface area contributed by atoms with Crippen molar-refractivity contribution in [1.82, 2.24) is 4.98 Å². The molecule has 0 saturated carbocycles. The highest BCUT2D eigenvalue weighted by atomic mass is 35.5. The maximum Gasteiger partial charge on any atom is 0.422 e. The largest absolute Gasteiger partial charge is 0.462 e. The molecule has 2 aromatic carbocycles. The lowest BCUT2D eigenvalue weighted by molar-refractivity contribution is -0.274. The highest BCUT2D eigenvalue weighted by Crippen LogP contribution is 2.50. The third kappa shape index (κ3) is 5.24. The lowest BCUT2D eigenvalue weighted by atomic mass is 9.78. The molecule has 0 aliphatic rings. The molecule has 11 heteroatoms. The zero-order chi connectivity index (χ0) is 26.8. The number of halogens is 5. The fourth-order valence-corrected chi connectivity index (χ4v) is 3.97. The van der Waals surface area contributed by atoms with Crippen molar-refractivity contribution >= 4 is 17.6 Å². The van der Waals surface area contributed by atoms with Gasteiger partial charge in [-0.15, -0.1) is 0 Å². The third-order valence-corrected chi connectivity index (χ3v) is 6.03. The Hall–Kier alpha value is -3.37. The van der Waals surface area contributed by atoms with Crippen molar-refractivity contribution in [2.75, 3.05) is 6.61 Å². The summed E-state index contributed by atoms with van der Waals surface area (Å²) in [6.45, 7) is 4.04. The second kappa shape index (κ2) is 10.3. The van der Waals surface area contributed by atoms with E-state index in [2.05, 4.69) is 4.98 Å². The van der Waals surface area contributed by atoms with Crippen LogP contribution in [0.4, 0.5) is 17.6 Å². The van der Waals surface area contributed by atoms with Crippen LogP contribution in [-0.4, -0.2) is 28.8 Å². The van der Waals surface area contributed by atoms with Crippen molar-refractivity contribution in [2.45, 2.75) is 38.5 Å². The number of alkyl halides is 3. The minimum atomic E-state index is -5.15. The van der Waals surface area contributed by atoms with Gasteiger partial charge in [0.05, 0.1) is 12.2 Å². The molecular formula is C25H22ClF4NO5. The number of nitrogens with one attached hydrogen (secondary N) is 1. The average Bonchev–Trinajstić information content (AvgIpc) is 2.81. The molecule has 0 amide bonds. The van der Waals surface area contributed by atoms with Crippen LogP contribution < -0.4 is 10.3 Å². The summed E-state index contributed by atoms with van der Waals surface area (Å²) in [5, 5.41) is 10.9. The van der Waals surface area contributed by atoms with Gasteiger partial charge in [-0.1, -0.05) is 18.5 Å². The van der Waals surface area contributed by atoms with Crippen LogP contribution in [0.15, 0.2) is 53.5 Å². The first kappa shape index (κ1) is 27.2. The van der Waals surface area contributed by atoms with Crippen molar-refractivity contribution in [3.8, 4) is 11.5 Å². The van der Waals surface area contributed by atoms with E-state index in [1.54, 1.807) is 6.92 Å². The first-order chi connectivity index (χ1) is 16.8. The van der Waals surface area contributed by atoms with Crippen molar-refractivity contribution in [3.63, 3.8) is 0 Å². The lowest BCUT2D eigenvalue weighted by Crippen LogP contribution is -2.47. The van der Waals surface area contributed by atoms with Crippen LogP contribution in [0, 0.1) is 12.7 Å². The number of carbonyl (C=O) groups is 1. The minimum absolute atomic E-state index is 0.0146. The van der Waals surface area contributed by atoms with E-state index in [-0.39, 0.29) is 39.8 Å². The van der Waals surface area contributed by atoms with Gasteiger partial charge in [0, 0.05) is 28.3 Å². The predicted octanol–water partition coefficient (Wildman–Crippen LogP) is 6.00. The molecule has 0 fully saturated rings. The number of rotatable bonds is 7. The smallest absolute Gasteiger partial charge is 0.422 e. The minimum Gasteiger partial charge on any atom is -0.462 e. The number of ether oxygens (including phenoxy) is 2. The fraction of sp³-hybridized carbons (Fsp3) is 0.280. The van der Waals surface area contributed by atoms with Gasteiger partial charge in [-0.3, -0.25) is 4.79 Å². The van der Waals surface area contributed by atoms with E-state index in [1.807, 2.05) is 0 Å². The molecule has 2 atom stereocenters. The van der Waals surface area contributed by atoms with E-state index in [4.69, 9.17) is 21.1 Å². The van der Waals surface area contributed by atoms with Gasteiger partial charge in [0.15, 0.2) is 5.60 Å². The molecule has 1 heterocycles. The molecule has 0 radical (unpaired) electrons. The average molecular weight is 528 g/mol. The van der Waals surface area contributed by atoms with Crippen molar-refractivity contribution < 1.29 is 36.9 Å². The van der Waals surface area contributed by atoms with Crippen LogP contribution in [0.1, 0.15) is 46.8 Å². The zero-order valence-electron chi connectivity index (χ0n) is 19.4. The number of aromatic amines is 1. The molecule has 36 heavy (non-hydrogen) atoms. The number of hydrogen-bond acceptors (Lipinski definition) is 5. The predicted molar refractivity (Wildman–Crippen MR) is 124 cm³/mol. The number of hydrogen-bond donors (Lipinski definition) is 2. The van der Waals surface area contributed by atoms with Crippen molar-refractivity contribution in [1.29, 1.82) is 0 Å². The first-order valence-corrected chi connectivity index (χ1v) is 11.1. The summed E-state index contributed by atoms with van der Waals surface area (Å²) < 4.78 is 67.3. The third-order valence-electron chi connectivity index (χ3n) is 5.69. The van der Waals surface area contributed by atoms with Gasteiger partial charge in [-0.2, -0.15) is 13.2 Å². The van der Waals surface area contributed by atoms with Gasteiger partial charge in [-0.05, 0) is 61.9 Å². The topological polar surface area (TPSA) is 88.6 Å². The quantitative estimate of drug-likeness (QED) is 0.291. The van der Waals surface area contributed by atoms with Gasteiger partial charge in [0.2, 0.25) is 0 Å². The molecule has 0 spiro atoms. The number of H-pyrrole nitrogens is 1. The van der Waals surface area contributed by atoms with Crippen molar-refractivity contribution in [2.24, 2.45) is 0 Å². The Labute approximate surface area is 208 Å². The molecule has 0 bridgehead atoms. The molecular weight excluding hydrogens is 506 g/mol. The zero-order valence-corrected chi connectivity index (χ0v) is 20.1. The molecule has 1 aromatic heterocycles. The summed E-state index contributed by atoms with van der Waals surface area (Å²) in [5.74, 6) is -3.36. The number of aromatic nitrogens is 1. The molecule has 2 unspecified atom stereocenters. The Bertz CT molecular complexity index is 1340. The van der Waals surface area contributed by atoms with Crippen molar-refractivity contribution in [3.05, 3.63) is 92.1 Å². The second-order valence-corrected chi connectivity index (χ2v) is 8.44. The summed E-state index contributed by atoms with van der Waals surface area (Å²) in [6, 6.07) is 8.13. The highest BCUT2D eigenvalue weighted by Gasteiger charge is 2.59. The van der Waals surface area contributed by atoms with Crippen LogP contribution in [0.3, 0.4) is 0 Å². The van der Waals surface area contributed by atoms with Crippen LogP contribution in [0.2, 0.25) is 5.02 Å². The van der Waals surface area contributed by atoms with Gasteiger partial charge >= 0.3 is 12.1 Å². The van der Waals surface area contributed by atoms with Crippen LogP contribution >= 0.6 is 11.6 Å². The van der Waals surface area contributed by atoms with E-state index in [1.165, 1.54) is 31.2 Å². The molecule has 0 aliphatic carbocycles. The van der Waals surface area contributed by atoms with Crippen LogP contribution in [0.25, 0.3) is 0 Å². The van der Waals surface area contributed by atoms with Crippen LogP contribution in [-0.2, 0) is 10.3 Å². The lowest BCUT2D eigenvalue weighted by Gasteiger charge is -2.37. The number of pyridine rings is 1. The molecule has 2 N–H and O–H groups in total. The number of esters is 1. The SMILES string of the molecule is CCOC(=O)c1cc(Oc2ccc(Cl)c(C(C)C(O)(c3c[nH]c(=O)c(C)c3)C(F)(F)F)c2)ccc1F. The van der Waals surface area contributed by atoms with Gasteiger partial charge in [0.25, 0.3) is 5.56 Å². The normalized spacial score (nSPS) is 14.1. The molecule has 3 aromatic rings. The number of benzene rings is 2. The monoisotopic (exact) mass is 527 g/mol. The van der Waals surface area contributed by atoms with E-state index >= 15 is 0 Å². The van der Waals surface area contributed by atoms with Crippen LogP contribution in [0.5, 0.6) is 11.5 Å². The van der Waals surface area contributed by atoms with E-state index in [0.29, 0.717) is 0 Å². The standard InChI is InChI=1S/C25H22ClF4NO5/c1-4-35-23(33)19-11-17(6-8-21(19)27)36-16-5-7-20(26)18(10-16)14(3)24(34,25(28,29)30)15-9-13(2)22(32)31-12-15/h5-12,14,34H,4H2,1-3H3,(H,31,32). The Morgan fingerprint density at radius 1 is 1.14 bits per heavy atom. The fourth-order valence-electron chi connectivity index (χ4n) is 3.69. The Morgan fingerprint density at radius 3 is 2.39 bits per heavy atom. The van der Waals surface area contributed by atoms with Gasteiger partial charge < -0.3 is 19.6 Å². The molecule has 6 nitrogen and oxygen atoms in total. The summed E-state index contributed by atoms with van der Waals surface area (Å²) in [5.41, 5.74) is -5.08. The number of aryl methyl sites for hydroxylation is 1. The van der Waals surface area contributed by atoms with Gasteiger partial charge in [-0.25, -0.2) is 9.18 Å². The summed E-state index contributed by atoms with van der Waals surface area (Å²) in [6.07, 6.45) is -4.34. The van der Waals surface area contributed by atoms with Gasteiger partial charge in [0.1, 0.15) is 17.3 Å². The number of aliphatic hydroxyl groups is 1. The van der Waals surface area contributed by atoms with E-state index in [9.17, 15) is 32.3 Å².